The maximum absolute atomic E-state index is 12.7. The van der Waals surface area contributed by atoms with Crippen LogP contribution in [0.1, 0.15) is 44.5 Å². The lowest BCUT2D eigenvalue weighted by Gasteiger charge is -2.19. The van der Waals surface area contributed by atoms with Gasteiger partial charge in [-0.05, 0) is 32.0 Å². The van der Waals surface area contributed by atoms with E-state index in [9.17, 15) is 13.2 Å². The minimum Gasteiger partial charge on any atom is -0.352 e. The summed E-state index contributed by atoms with van der Waals surface area (Å²) in [5.74, 6) is -0.285. The van der Waals surface area contributed by atoms with Gasteiger partial charge in [-0.2, -0.15) is 4.31 Å². The fourth-order valence-corrected chi connectivity index (χ4v) is 4.75. The molecule has 6 nitrogen and oxygen atoms in total. The molecule has 0 aliphatic rings. The van der Waals surface area contributed by atoms with E-state index in [0.29, 0.717) is 25.2 Å². The van der Waals surface area contributed by atoms with Gasteiger partial charge >= 0.3 is 0 Å². The van der Waals surface area contributed by atoms with Crippen molar-refractivity contribution in [3.05, 3.63) is 28.8 Å². The number of benzene rings is 1. The molecule has 0 saturated heterocycles. The van der Waals surface area contributed by atoms with Gasteiger partial charge in [-0.3, -0.25) is 4.79 Å². The van der Waals surface area contributed by atoms with E-state index in [1.54, 1.807) is 19.9 Å². The zero-order valence-corrected chi connectivity index (χ0v) is 17.7. The minimum absolute atomic E-state index is 0.0249. The lowest BCUT2D eigenvalue weighted by molar-refractivity contribution is -0.896. The third kappa shape index (κ3) is 5.94. The van der Waals surface area contributed by atoms with Crippen LogP contribution in [0.2, 0.25) is 5.02 Å². The molecule has 8 heteroatoms. The molecule has 0 fully saturated rings. The highest BCUT2D eigenvalue weighted by Gasteiger charge is 2.25. The average molecular weight is 405 g/mol. The molecule has 0 saturated carbocycles. The molecule has 1 rings (SSSR count). The highest BCUT2D eigenvalue weighted by atomic mass is 35.5. The van der Waals surface area contributed by atoms with Crippen molar-refractivity contribution in [1.82, 2.24) is 9.62 Å². The van der Waals surface area contributed by atoms with Crippen molar-refractivity contribution in [3.63, 3.8) is 0 Å². The standard InChI is InChI=1S/C18H30ClN3O3S/c1-5-21(6-2)13-9-12-20-18(23)15-10-11-16(19)17(14-15)26(24,25)22(7-3)8-4/h10-11,14H,5-9,12-13H2,1-4H3,(H,20,23)/p+1. The van der Waals surface area contributed by atoms with Crippen LogP contribution in [-0.2, 0) is 10.0 Å². The number of carbonyl (C=O) groups is 1. The zero-order chi connectivity index (χ0) is 19.7. The van der Waals surface area contributed by atoms with E-state index in [-0.39, 0.29) is 15.8 Å². The van der Waals surface area contributed by atoms with E-state index in [4.69, 9.17) is 11.6 Å². The first-order chi connectivity index (χ1) is 12.3. The van der Waals surface area contributed by atoms with Gasteiger partial charge in [0.2, 0.25) is 10.0 Å². The highest BCUT2D eigenvalue weighted by Crippen LogP contribution is 2.25. The first-order valence-corrected chi connectivity index (χ1v) is 11.0. The van der Waals surface area contributed by atoms with Crippen molar-refractivity contribution in [2.24, 2.45) is 0 Å². The van der Waals surface area contributed by atoms with E-state index in [1.807, 2.05) is 0 Å². The third-order valence-electron chi connectivity index (χ3n) is 4.51. The molecule has 0 aliphatic carbocycles. The Bertz CT molecular complexity index is 687. The predicted molar refractivity (Wildman–Crippen MR) is 105 cm³/mol. The Kier molecular flexibility index (Phi) is 9.57. The molecule has 1 aromatic rings. The first kappa shape index (κ1) is 22.9. The SMILES string of the molecule is CCN(CC)S(=O)(=O)c1cc(C(=O)NCCC[NH+](CC)CC)ccc1Cl. The zero-order valence-electron chi connectivity index (χ0n) is 16.1. The molecule has 148 valence electrons. The summed E-state index contributed by atoms with van der Waals surface area (Å²) in [7, 11) is -3.71. The first-order valence-electron chi connectivity index (χ1n) is 9.23. The predicted octanol–water partition coefficient (Wildman–Crippen LogP) is 1.42. The lowest BCUT2D eigenvalue weighted by Crippen LogP contribution is -3.11. The molecular formula is C18H31ClN3O3S+. The van der Waals surface area contributed by atoms with E-state index < -0.39 is 10.0 Å². The second-order valence-corrected chi connectivity index (χ2v) is 8.36. The number of nitrogens with zero attached hydrogens (tertiary/aromatic N) is 1. The van der Waals surface area contributed by atoms with Gasteiger partial charge in [0.1, 0.15) is 4.90 Å². The second-order valence-electron chi connectivity index (χ2n) is 6.05. The molecule has 0 atom stereocenters. The molecule has 1 aromatic carbocycles. The summed E-state index contributed by atoms with van der Waals surface area (Å²) in [4.78, 5) is 13.8. The molecule has 0 spiro atoms. The Morgan fingerprint density at radius 3 is 2.31 bits per heavy atom. The van der Waals surface area contributed by atoms with Crippen LogP contribution in [-0.4, -0.2) is 57.9 Å². The maximum Gasteiger partial charge on any atom is 0.251 e. The van der Waals surface area contributed by atoms with Gasteiger partial charge in [-0.15, -0.1) is 0 Å². The van der Waals surface area contributed by atoms with Crippen molar-refractivity contribution < 1.29 is 18.1 Å². The van der Waals surface area contributed by atoms with Gasteiger partial charge in [-0.25, -0.2) is 8.42 Å². The van der Waals surface area contributed by atoms with E-state index >= 15 is 0 Å². The summed E-state index contributed by atoms with van der Waals surface area (Å²) >= 11 is 6.10. The van der Waals surface area contributed by atoms with Gasteiger partial charge in [-0.1, -0.05) is 25.4 Å². The smallest absolute Gasteiger partial charge is 0.251 e. The fourth-order valence-electron chi connectivity index (χ4n) is 2.79. The highest BCUT2D eigenvalue weighted by molar-refractivity contribution is 7.89. The Labute approximate surface area is 162 Å². The van der Waals surface area contributed by atoms with Gasteiger partial charge in [0.25, 0.3) is 5.91 Å². The van der Waals surface area contributed by atoms with Crippen LogP contribution in [0.5, 0.6) is 0 Å². The summed E-state index contributed by atoms with van der Waals surface area (Å²) in [6, 6.07) is 4.38. The number of quaternary nitrogens is 1. The topological polar surface area (TPSA) is 70.9 Å². The largest absolute Gasteiger partial charge is 0.352 e. The van der Waals surface area contributed by atoms with Crippen LogP contribution in [0, 0.1) is 0 Å². The number of nitrogens with one attached hydrogen (secondary N) is 2. The Balaban J connectivity index is 2.84. The number of rotatable bonds is 11. The quantitative estimate of drug-likeness (QED) is 0.548. The van der Waals surface area contributed by atoms with Gasteiger partial charge in [0.05, 0.1) is 24.7 Å². The van der Waals surface area contributed by atoms with Crippen LogP contribution in [0.15, 0.2) is 23.1 Å². The average Bonchev–Trinajstić information content (AvgIpc) is 2.62. The van der Waals surface area contributed by atoms with Gasteiger partial charge < -0.3 is 10.2 Å². The Morgan fingerprint density at radius 1 is 1.15 bits per heavy atom. The van der Waals surface area contributed by atoms with Crippen LogP contribution in [0.25, 0.3) is 0 Å². The number of hydrogen-bond donors (Lipinski definition) is 2. The van der Waals surface area contributed by atoms with Crippen molar-refractivity contribution in [3.8, 4) is 0 Å². The van der Waals surface area contributed by atoms with Gasteiger partial charge in [0, 0.05) is 31.6 Å². The molecule has 0 unspecified atom stereocenters. The molecular weight excluding hydrogens is 374 g/mol. The minimum atomic E-state index is -3.71. The van der Waals surface area contributed by atoms with Gasteiger partial charge in [0.15, 0.2) is 0 Å². The van der Waals surface area contributed by atoms with E-state index in [2.05, 4.69) is 19.2 Å². The maximum atomic E-state index is 12.7. The number of halogens is 1. The number of sulfonamides is 1. The van der Waals surface area contributed by atoms with Crippen LogP contribution in [0.4, 0.5) is 0 Å². The Hall–Kier alpha value is -1.15. The lowest BCUT2D eigenvalue weighted by atomic mass is 10.2. The molecule has 2 N–H and O–H groups in total. The number of amides is 1. The summed E-state index contributed by atoms with van der Waals surface area (Å²) < 4.78 is 26.7. The molecule has 1 amide bonds. The molecule has 0 heterocycles. The van der Waals surface area contributed by atoms with Crippen LogP contribution < -0.4 is 10.2 Å². The fraction of sp³-hybridized carbons (Fsp3) is 0.611. The molecule has 26 heavy (non-hydrogen) atoms. The number of hydrogen-bond acceptors (Lipinski definition) is 3. The second kappa shape index (κ2) is 10.9. The van der Waals surface area contributed by atoms with Crippen molar-refractivity contribution in [2.45, 2.75) is 39.0 Å². The monoisotopic (exact) mass is 404 g/mol. The van der Waals surface area contributed by atoms with Crippen molar-refractivity contribution >= 4 is 27.5 Å². The van der Waals surface area contributed by atoms with Crippen LogP contribution in [0.3, 0.4) is 0 Å². The summed E-state index contributed by atoms with van der Waals surface area (Å²) in [6.07, 6.45) is 0.876. The van der Waals surface area contributed by atoms with E-state index in [1.165, 1.54) is 21.3 Å². The molecule has 0 aliphatic heterocycles. The summed E-state index contributed by atoms with van der Waals surface area (Å²) in [5.41, 5.74) is 0.301. The number of carbonyl (C=O) groups excluding carboxylic acids is 1. The van der Waals surface area contributed by atoms with Crippen LogP contribution >= 0.6 is 11.6 Å². The molecule has 0 radical (unpaired) electrons. The van der Waals surface area contributed by atoms with E-state index in [0.717, 1.165) is 26.1 Å². The molecule has 0 aromatic heterocycles. The third-order valence-corrected chi connectivity index (χ3v) is 7.04. The van der Waals surface area contributed by atoms with Crippen molar-refractivity contribution in [1.29, 1.82) is 0 Å². The molecule has 0 bridgehead atoms. The van der Waals surface area contributed by atoms with Crippen molar-refractivity contribution in [2.75, 3.05) is 39.3 Å². The normalized spacial score (nSPS) is 12.0. The summed E-state index contributed by atoms with van der Waals surface area (Å²) in [6.45, 7) is 12.2. The summed E-state index contributed by atoms with van der Waals surface area (Å²) in [5, 5.41) is 2.98. The Morgan fingerprint density at radius 2 is 1.77 bits per heavy atom.